The van der Waals surface area contributed by atoms with Crippen molar-refractivity contribution >= 4 is 70.7 Å². The van der Waals surface area contributed by atoms with Crippen LogP contribution in [-0.4, -0.2) is 181 Å². The molecule has 85 heavy (non-hydrogen) atoms. The van der Waals surface area contributed by atoms with Gasteiger partial charge in [-0.2, -0.15) is 23.5 Å². The van der Waals surface area contributed by atoms with E-state index in [0.29, 0.717) is 74.9 Å². The summed E-state index contributed by atoms with van der Waals surface area (Å²) in [4.78, 5) is 112. The number of nitrogens with zero attached hydrogens (tertiary/aromatic N) is 1. The maximum absolute atomic E-state index is 14.7. The van der Waals surface area contributed by atoms with Gasteiger partial charge in [0.25, 0.3) is 11.7 Å². The first-order valence-electron chi connectivity index (χ1n) is 30.4. The Kier molecular flexibility index (Phi) is 30.8. The van der Waals surface area contributed by atoms with Crippen LogP contribution in [-0.2, 0) is 76.3 Å². The van der Waals surface area contributed by atoms with E-state index in [4.69, 9.17) is 37.9 Å². The summed E-state index contributed by atoms with van der Waals surface area (Å²) in [5, 5.41) is 23.7. The fourth-order valence-corrected chi connectivity index (χ4v) is 12.5. The van der Waals surface area contributed by atoms with Gasteiger partial charge in [-0.3, -0.25) is 33.6 Å². The molecule has 1 saturated carbocycles. The van der Waals surface area contributed by atoms with Gasteiger partial charge in [0.2, 0.25) is 5.79 Å². The Hall–Kier alpha value is -4.22. The highest BCUT2D eigenvalue weighted by atomic mass is 32.2. The second kappa shape index (κ2) is 35.7. The van der Waals surface area contributed by atoms with Gasteiger partial charge in [0.1, 0.15) is 54.9 Å². The second-order valence-electron chi connectivity index (χ2n) is 24.1. The van der Waals surface area contributed by atoms with Crippen LogP contribution in [0.1, 0.15) is 146 Å². The molecule has 4 rings (SSSR count). The van der Waals surface area contributed by atoms with Crippen LogP contribution >= 0.6 is 23.5 Å². The maximum atomic E-state index is 14.7. The van der Waals surface area contributed by atoms with Crippen LogP contribution in [0, 0.1) is 40.9 Å². The lowest BCUT2D eigenvalue weighted by Crippen LogP contribution is -2.61. The van der Waals surface area contributed by atoms with Crippen molar-refractivity contribution in [2.75, 3.05) is 64.1 Å². The molecule has 19 nitrogen and oxygen atoms in total. The summed E-state index contributed by atoms with van der Waals surface area (Å²) in [6, 6.07) is -1.23. The summed E-state index contributed by atoms with van der Waals surface area (Å²) in [6.45, 7) is 17.1. The van der Waals surface area contributed by atoms with Crippen molar-refractivity contribution in [2.24, 2.45) is 40.9 Å². The van der Waals surface area contributed by atoms with Crippen molar-refractivity contribution in [1.82, 2.24) is 4.90 Å². The Morgan fingerprint density at radius 2 is 1.47 bits per heavy atom. The van der Waals surface area contributed by atoms with Crippen LogP contribution in [0.4, 0.5) is 0 Å². The second-order valence-corrected chi connectivity index (χ2v) is 26.7. The van der Waals surface area contributed by atoms with Gasteiger partial charge in [0.05, 0.1) is 29.8 Å². The quantitative estimate of drug-likeness (QED) is 0.0566. The highest BCUT2D eigenvalue weighted by Gasteiger charge is 2.53. The molecule has 2 bridgehead atoms. The maximum Gasteiger partial charge on any atom is 0.329 e. The van der Waals surface area contributed by atoms with Gasteiger partial charge < -0.3 is 53.0 Å². The number of aliphatic hydroxyl groups is 2. The summed E-state index contributed by atoms with van der Waals surface area (Å²) in [6.07, 6.45) is 9.17. The molecular weight excluding hydrogens is 1130 g/mol. The first kappa shape index (κ1) is 73.3. The van der Waals surface area contributed by atoms with Crippen LogP contribution in [0.3, 0.4) is 0 Å². The number of piperidine rings is 1. The van der Waals surface area contributed by atoms with Gasteiger partial charge in [-0.15, -0.1) is 0 Å². The van der Waals surface area contributed by atoms with Gasteiger partial charge in [0, 0.05) is 58.5 Å². The smallest absolute Gasteiger partial charge is 0.329 e. The normalized spacial score (nSPS) is 33.7. The van der Waals surface area contributed by atoms with Gasteiger partial charge in [-0.05, 0) is 125 Å². The Bertz CT molecular complexity index is 2350. The van der Waals surface area contributed by atoms with Crippen LogP contribution < -0.4 is 0 Å². The molecule has 3 fully saturated rings. The fraction of sp³-hybridized carbons (Fsp3) is 0.750. The lowest BCUT2D eigenvalue weighted by atomic mass is 9.78. The van der Waals surface area contributed by atoms with Crippen LogP contribution in [0.25, 0.3) is 0 Å². The first-order chi connectivity index (χ1) is 40.3. The Morgan fingerprint density at radius 3 is 2.08 bits per heavy atom. The topological polar surface area (TPSA) is 254 Å². The van der Waals surface area contributed by atoms with Gasteiger partial charge in [-0.1, -0.05) is 84.9 Å². The number of hydrogen-bond acceptors (Lipinski definition) is 20. The number of Topliss-reactive ketones (excluding diaryl/α,β-unsaturated/α-hetero) is 3. The monoisotopic (exact) mass is 1230 g/mol. The van der Waals surface area contributed by atoms with Gasteiger partial charge in [-0.25, -0.2) is 4.79 Å². The number of ketones is 3. The fourth-order valence-electron chi connectivity index (χ4n) is 11.6. The molecule has 1 amide bonds. The number of allylic oxidation sites excluding steroid dienone is 6. The van der Waals surface area contributed by atoms with Crippen molar-refractivity contribution in [3.05, 3.63) is 47.6 Å². The molecule has 0 aromatic heterocycles. The summed E-state index contributed by atoms with van der Waals surface area (Å²) in [5.41, 5.74) is -0.340. The van der Waals surface area contributed by atoms with Crippen molar-refractivity contribution in [2.45, 2.75) is 201 Å². The molecule has 3 aliphatic heterocycles. The van der Waals surface area contributed by atoms with Crippen molar-refractivity contribution < 1.29 is 86.5 Å². The number of carbonyl (C=O) groups is 8. The van der Waals surface area contributed by atoms with E-state index in [1.54, 1.807) is 40.9 Å². The van der Waals surface area contributed by atoms with E-state index >= 15 is 0 Å². The number of esters is 4. The van der Waals surface area contributed by atoms with E-state index in [-0.39, 0.29) is 73.9 Å². The number of rotatable bonds is 18. The molecular formula is C64H99NO18S2. The van der Waals surface area contributed by atoms with E-state index in [1.165, 1.54) is 44.7 Å². The number of carbonyl (C=O) groups excluding carboxylic acids is 8. The van der Waals surface area contributed by atoms with Gasteiger partial charge >= 0.3 is 23.9 Å². The molecule has 4 aliphatic rings. The van der Waals surface area contributed by atoms with Crippen molar-refractivity contribution in [1.29, 1.82) is 0 Å². The predicted molar refractivity (Wildman–Crippen MR) is 325 cm³/mol. The lowest BCUT2D eigenvalue weighted by molar-refractivity contribution is -0.265. The number of cyclic esters (lactones) is 1. The van der Waals surface area contributed by atoms with Crippen molar-refractivity contribution in [3.63, 3.8) is 0 Å². The molecule has 2 saturated heterocycles. The van der Waals surface area contributed by atoms with Crippen LogP contribution in [0.15, 0.2) is 47.6 Å². The SMILES string of the molecule is CCSCC(=O)OCC(C)(COC(=O)CSCC)C(=O)O[C@@H]1CC[C@@H](C[C@@H](C)[C@@H]2CC(=O)[C@H](C)/C=C(\C)[C@@H](O)[C@@H](OC)C(=O)[C@H](C)C[C@H](C)/C=C/C=C/C=C(\C)[C@@H](OC)C[C@@H]3CC[C@@H](C)[C@@](O)(O3)C(=O)C(=O)N3CCCC[C@H]3C(=O)O2)C[C@H]1OC. The molecule has 0 aromatic rings. The standard InChI is InChI=1S/C64H99NO18S2/c1-14-84-35-54(67)79-37-63(10,38-80-55(68)36-85-15-2)62(74)82-50-27-25-46(32-53(50)77-12)31-42(6)52-34-49(66)41(5)30-44(8)57(70)58(78-13)56(69)43(7)29-39(3)21-17-16-18-22-40(4)51(76-11)33-47-26-24-45(9)64(75,83-47)59(71)60(72)65-28-20-19-23-48(65)61(73)81-52/h16-18,21-22,30,39,41-43,45-48,50-53,57-58,70,75H,14-15,19-20,23-29,31-38H2,1-13H3/b18-16+,21-17+,40-22+,44-30+/t39-,41-,42-,43-,45-,46+,47+,48+,50-,51+,52+,53-,57-,58+,64-/m1/s1. The Morgan fingerprint density at radius 1 is 0.812 bits per heavy atom. The number of hydrogen-bond donors (Lipinski definition) is 2. The molecule has 480 valence electrons. The third-order valence-electron chi connectivity index (χ3n) is 17.2. The van der Waals surface area contributed by atoms with Gasteiger partial charge in [0.15, 0.2) is 5.78 Å². The minimum atomic E-state index is -2.49. The van der Waals surface area contributed by atoms with E-state index in [2.05, 4.69) is 0 Å². The number of aliphatic hydroxyl groups excluding tert-OH is 1. The number of ether oxygens (including phenoxy) is 8. The molecule has 0 spiro atoms. The zero-order chi connectivity index (χ0) is 63.2. The summed E-state index contributed by atoms with van der Waals surface area (Å²) < 4.78 is 47.1. The zero-order valence-corrected chi connectivity index (χ0v) is 54.3. The highest BCUT2D eigenvalue weighted by molar-refractivity contribution is 8.00. The van der Waals surface area contributed by atoms with Crippen molar-refractivity contribution in [3.8, 4) is 0 Å². The molecule has 0 radical (unpaired) electrons. The third-order valence-corrected chi connectivity index (χ3v) is 18.9. The number of amides is 1. The number of thioether (sulfide) groups is 2. The van der Waals surface area contributed by atoms with Crippen LogP contribution in [0.2, 0.25) is 0 Å². The van der Waals surface area contributed by atoms with E-state index in [9.17, 15) is 48.6 Å². The summed E-state index contributed by atoms with van der Waals surface area (Å²) >= 11 is 2.73. The molecule has 3 heterocycles. The average molecular weight is 1230 g/mol. The summed E-state index contributed by atoms with van der Waals surface area (Å²) in [5.74, 6) is -9.11. The first-order valence-corrected chi connectivity index (χ1v) is 32.7. The Labute approximate surface area is 513 Å². The highest BCUT2D eigenvalue weighted by Crippen LogP contribution is 2.39. The minimum Gasteiger partial charge on any atom is -0.464 e. The van der Waals surface area contributed by atoms with E-state index < -0.39 is 119 Å². The number of fused-ring (bicyclic) bond motifs is 3. The average Bonchev–Trinajstić information content (AvgIpc) is 2.70. The predicted octanol–water partition coefficient (Wildman–Crippen LogP) is 8.33. The largest absolute Gasteiger partial charge is 0.464 e. The molecule has 2 N–H and O–H groups in total. The van der Waals surface area contributed by atoms with E-state index in [1.807, 2.05) is 65.0 Å². The molecule has 0 unspecified atom stereocenters. The van der Waals surface area contributed by atoms with E-state index in [0.717, 1.165) is 10.5 Å². The zero-order valence-electron chi connectivity index (χ0n) is 52.7. The number of methoxy groups -OCH3 is 3. The molecule has 15 atom stereocenters. The Balaban J connectivity index is 1.66. The summed E-state index contributed by atoms with van der Waals surface area (Å²) in [7, 11) is 4.43. The minimum absolute atomic E-state index is 0.0210. The third kappa shape index (κ3) is 21.5. The lowest BCUT2D eigenvalue weighted by Gasteiger charge is -2.42. The molecule has 1 aliphatic carbocycles. The molecule has 0 aromatic carbocycles. The van der Waals surface area contributed by atoms with Crippen LogP contribution in [0.5, 0.6) is 0 Å². The molecule has 21 heteroatoms.